The van der Waals surface area contributed by atoms with Gasteiger partial charge < -0.3 is 4.90 Å². The second-order valence-corrected chi connectivity index (χ2v) is 6.40. The number of rotatable bonds is 3. The van der Waals surface area contributed by atoms with Gasteiger partial charge in [-0.3, -0.25) is 4.79 Å². The zero-order valence-electron chi connectivity index (χ0n) is 10.3. The van der Waals surface area contributed by atoms with Gasteiger partial charge in [0.05, 0.1) is 8.66 Å². The summed E-state index contributed by atoms with van der Waals surface area (Å²) >= 11 is 4.86. The van der Waals surface area contributed by atoms with Crippen LogP contribution in [0.2, 0.25) is 0 Å². The number of hydrogen-bond donors (Lipinski definition) is 0. The summed E-state index contributed by atoms with van der Waals surface area (Å²) in [6.45, 7) is 4.68. The molecule has 4 heteroatoms. The Labute approximate surface area is 119 Å². The standard InChI is InChI=1S/C14H14BrNOS/c1-3-16(11-7-5-4-6-10(11)2)14(17)12-8-9-13(15)18-12/h4-9H,3H2,1-2H3. The van der Waals surface area contributed by atoms with Crippen molar-refractivity contribution in [3.8, 4) is 0 Å². The van der Waals surface area contributed by atoms with Crippen LogP contribution in [0, 0.1) is 6.92 Å². The van der Waals surface area contributed by atoms with Crippen molar-refractivity contribution in [1.82, 2.24) is 0 Å². The molecule has 1 amide bonds. The summed E-state index contributed by atoms with van der Waals surface area (Å²) in [7, 11) is 0. The third-order valence-corrected chi connectivity index (χ3v) is 4.36. The van der Waals surface area contributed by atoms with Gasteiger partial charge in [0, 0.05) is 12.2 Å². The molecule has 0 atom stereocenters. The van der Waals surface area contributed by atoms with E-state index in [9.17, 15) is 4.79 Å². The lowest BCUT2D eigenvalue weighted by molar-refractivity contribution is 0.0992. The lowest BCUT2D eigenvalue weighted by atomic mass is 10.1. The summed E-state index contributed by atoms with van der Waals surface area (Å²) in [5, 5.41) is 0. The second-order valence-electron chi connectivity index (χ2n) is 3.94. The normalized spacial score (nSPS) is 10.4. The highest BCUT2D eigenvalue weighted by molar-refractivity contribution is 9.11. The molecule has 0 bridgehead atoms. The van der Waals surface area contributed by atoms with Crippen LogP contribution < -0.4 is 4.90 Å². The maximum atomic E-state index is 12.5. The van der Waals surface area contributed by atoms with Crippen molar-refractivity contribution in [2.45, 2.75) is 13.8 Å². The van der Waals surface area contributed by atoms with E-state index in [4.69, 9.17) is 0 Å². The lowest BCUT2D eigenvalue weighted by Gasteiger charge is -2.22. The Kier molecular flexibility index (Phi) is 4.19. The number of carbonyl (C=O) groups excluding carboxylic acids is 1. The van der Waals surface area contributed by atoms with Gasteiger partial charge >= 0.3 is 0 Å². The number of anilines is 1. The van der Waals surface area contributed by atoms with Crippen molar-refractivity contribution in [1.29, 1.82) is 0 Å². The van der Waals surface area contributed by atoms with Crippen LogP contribution >= 0.6 is 27.3 Å². The molecule has 1 aromatic carbocycles. The van der Waals surface area contributed by atoms with Crippen LogP contribution in [0.5, 0.6) is 0 Å². The predicted octanol–water partition coefficient (Wildman–Crippen LogP) is 4.49. The van der Waals surface area contributed by atoms with Crippen LogP contribution in [0.3, 0.4) is 0 Å². The van der Waals surface area contributed by atoms with E-state index >= 15 is 0 Å². The third kappa shape index (κ3) is 2.65. The smallest absolute Gasteiger partial charge is 0.268 e. The first kappa shape index (κ1) is 13.3. The lowest BCUT2D eigenvalue weighted by Crippen LogP contribution is -2.30. The van der Waals surface area contributed by atoms with Gasteiger partial charge in [0.25, 0.3) is 5.91 Å². The fourth-order valence-corrected chi connectivity index (χ4v) is 3.19. The van der Waals surface area contributed by atoms with Gasteiger partial charge in [-0.05, 0) is 53.5 Å². The number of aryl methyl sites for hydroxylation is 1. The minimum atomic E-state index is 0.0579. The molecule has 18 heavy (non-hydrogen) atoms. The molecular formula is C14H14BrNOS. The van der Waals surface area contributed by atoms with Gasteiger partial charge in [0.15, 0.2) is 0 Å². The van der Waals surface area contributed by atoms with Crippen molar-refractivity contribution in [2.75, 3.05) is 11.4 Å². The summed E-state index contributed by atoms with van der Waals surface area (Å²) in [5.74, 6) is 0.0579. The molecule has 0 aliphatic rings. The fourth-order valence-electron chi connectivity index (χ4n) is 1.85. The van der Waals surface area contributed by atoms with Crippen LogP contribution in [0.25, 0.3) is 0 Å². The monoisotopic (exact) mass is 323 g/mol. The van der Waals surface area contributed by atoms with Gasteiger partial charge in [-0.2, -0.15) is 0 Å². The van der Waals surface area contributed by atoms with Gasteiger partial charge in [-0.15, -0.1) is 11.3 Å². The number of amides is 1. The maximum Gasteiger partial charge on any atom is 0.268 e. The highest BCUT2D eigenvalue weighted by Crippen LogP contribution is 2.26. The van der Waals surface area contributed by atoms with E-state index in [1.165, 1.54) is 11.3 Å². The summed E-state index contributed by atoms with van der Waals surface area (Å²) in [6.07, 6.45) is 0. The number of hydrogen-bond acceptors (Lipinski definition) is 2. The van der Waals surface area contributed by atoms with Crippen molar-refractivity contribution < 1.29 is 4.79 Å². The van der Waals surface area contributed by atoms with Crippen LogP contribution in [0.1, 0.15) is 22.2 Å². The summed E-state index contributed by atoms with van der Waals surface area (Å²) in [4.78, 5) is 15.0. The highest BCUT2D eigenvalue weighted by Gasteiger charge is 2.18. The fraction of sp³-hybridized carbons (Fsp3) is 0.214. The van der Waals surface area contributed by atoms with Crippen LogP contribution in [-0.4, -0.2) is 12.5 Å². The molecule has 0 unspecified atom stereocenters. The van der Waals surface area contributed by atoms with E-state index in [1.54, 1.807) is 0 Å². The molecule has 0 fully saturated rings. The number of carbonyl (C=O) groups is 1. The molecule has 2 aromatic rings. The molecule has 1 aromatic heterocycles. The van der Waals surface area contributed by atoms with Gasteiger partial charge in [-0.1, -0.05) is 18.2 Å². The van der Waals surface area contributed by atoms with Crippen LogP contribution in [-0.2, 0) is 0 Å². The van der Waals surface area contributed by atoms with Crippen molar-refractivity contribution in [3.05, 3.63) is 50.6 Å². The Morgan fingerprint density at radius 2 is 2.00 bits per heavy atom. The Hall–Kier alpha value is -1.13. The number of para-hydroxylation sites is 1. The molecule has 0 spiro atoms. The summed E-state index contributed by atoms with van der Waals surface area (Å²) < 4.78 is 0.978. The second kappa shape index (κ2) is 5.67. The molecule has 0 aliphatic carbocycles. The quantitative estimate of drug-likeness (QED) is 0.815. The molecule has 2 nitrogen and oxygen atoms in total. The summed E-state index contributed by atoms with van der Waals surface area (Å²) in [6, 6.07) is 11.7. The first-order valence-corrected chi connectivity index (χ1v) is 7.37. The molecule has 0 saturated heterocycles. The van der Waals surface area contributed by atoms with Crippen LogP contribution in [0.15, 0.2) is 40.2 Å². The average molecular weight is 324 g/mol. The highest BCUT2D eigenvalue weighted by atomic mass is 79.9. The first-order chi connectivity index (χ1) is 8.63. The largest absolute Gasteiger partial charge is 0.308 e. The maximum absolute atomic E-state index is 12.5. The summed E-state index contributed by atoms with van der Waals surface area (Å²) in [5.41, 5.74) is 2.10. The number of benzene rings is 1. The SMILES string of the molecule is CCN(C(=O)c1ccc(Br)s1)c1ccccc1C. The van der Waals surface area contributed by atoms with E-state index in [-0.39, 0.29) is 5.91 Å². The Morgan fingerprint density at radius 1 is 1.28 bits per heavy atom. The Morgan fingerprint density at radius 3 is 2.56 bits per heavy atom. The van der Waals surface area contributed by atoms with Crippen molar-refractivity contribution in [3.63, 3.8) is 0 Å². The zero-order valence-corrected chi connectivity index (χ0v) is 12.7. The minimum Gasteiger partial charge on any atom is -0.308 e. The molecule has 2 rings (SSSR count). The van der Waals surface area contributed by atoms with E-state index in [1.807, 2.05) is 55.1 Å². The van der Waals surface area contributed by atoms with E-state index in [0.717, 1.165) is 19.9 Å². The topological polar surface area (TPSA) is 20.3 Å². The number of thiophene rings is 1. The van der Waals surface area contributed by atoms with E-state index in [0.29, 0.717) is 6.54 Å². The van der Waals surface area contributed by atoms with E-state index in [2.05, 4.69) is 15.9 Å². The van der Waals surface area contributed by atoms with E-state index < -0.39 is 0 Å². The Balaban J connectivity index is 2.35. The average Bonchev–Trinajstić information content (AvgIpc) is 2.79. The molecule has 0 radical (unpaired) electrons. The first-order valence-electron chi connectivity index (χ1n) is 5.76. The van der Waals surface area contributed by atoms with Gasteiger partial charge in [0.2, 0.25) is 0 Å². The molecule has 1 heterocycles. The molecule has 0 N–H and O–H groups in total. The van der Waals surface area contributed by atoms with Crippen molar-refractivity contribution in [2.24, 2.45) is 0 Å². The molecule has 0 saturated carbocycles. The molecular weight excluding hydrogens is 310 g/mol. The number of halogens is 1. The van der Waals surface area contributed by atoms with Crippen LogP contribution in [0.4, 0.5) is 5.69 Å². The van der Waals surface area contributed by atoms with Crippen molar-refractivity contribution >= 4 is 38.9 Å². The number of nitrogens with zero attached hydrogens (tertiary/aromatic N) is 1. The molecule has 94 valence electrons. The van der Waals surface area contributed by atoms with Gasteiger partial charge in [-0.25, -0.2) is 0 Å². The van der Waals surface area contributed by atoms with Gasteiger partial charge in [0.1, 0.15) is 0 Å². The third-order valence-electron chi connectivity index (χ3n) is 2.75. The Bertz CT molecular complexity index is 564. The predicted molar refractivity (Wildman–Crippen MR) is 80.5 cm³/mol. The zero-order chi connectivity index (χ0) is 13.1. The minimum absolute atomic E-state index is 0.0579. The molecule has 0 aliphatic heterocycles.